The Balaban J connectivity index is 2.00. The molecule has 0 saturated carbocycles. The summed E-state index contributed by atoms with van der Waals surface area (Å²) >= 11 is 5.94. The molecule has 0 fully saturated rings. The highest BCUT2D eigenvalue weighted by atomic mass is 35.5. The van der Waals surface area contributed by atoms with Crippen molar-refractivity contribution in [1.29, 1.82) is 0 Å². The molecule has 0 aliphatic carbocycles. The number of anilines is 2. The van der Waals surface area contributed by atoms with Gasteiger partial charge in [-0.05, 0) is 49.2 Å². The maximum absolute atomic E-state index is 12.7. The van der Waals surface area contributed by atoms with Crippen molar-refractivity contribution in [3.63, 3.8) is 0 Å². The van der Waals surface area contributed by atoms with E-state index in [1.54, 1.807) is 17.0 Å². The summed E-state index contributed by atoms with van der Waals surface area (Å²) < 4.78 is 0. The van der Waals surface area contributed by atoms with Gasteiger partial charge in [0.2, 0.25) is 0 Å². The summed E-state index contributed by atoms with van der Waals surface area (Å²) in [6, 6.07) is 11.0. The van der Waals surface area contributed by atoms with Crippen LogP contribution in [0.5, 0.6) is 0 Å². The average Bonchev–Trinajstić information content (AvgIpc) is 2.83. The smallest absolute Gasteiger partial charge is 0.258 e. The Morgan fingerprint density at radius 1 is 1.30 bits per heavy atom. The van der Waals surface area contributed by atoms with Crippen LogP contribution in [0.4, 0.5) is 11.4 Å². The molecule has 0 radical (unpaired) electrons. The van der Waals surface area contributed by atoms with Crippen molar-refractivity contribution in [2.24, 2.45) is 0 Å². The van der Waals surface area contributed by atoms with Gasteiger partial charge in [-0.2, -0.15) is 0 Å². The summed E-state index contributed by atoms with van der Waals surface area (Å²) in [7, 11) is 0. The second kappa shape index (κ2) is 4.84. The van der Waals surface area contributed by atoms with Crippen LogP contribution in [0.25, 0.3) is 0 Å². The molecule has 2 aromatic carbocycles. The second-order valence-corrected chi connectivity index (χ2v) is 5.45. The summed E-state index contributed by atoms with van der Waals surface area (Å²) in [5, 5.41) is 0.644. The van der Waals surface area contributed by atoms with Gasteiger partial charge in [0.05, 0.1) is 0 Å². The molecule has 3 nitrogen and oxygen atoms in total. The van der Waals surface area contributed by atoms with Gasteiger partial charge in [0, 0.05) is 34.1 Å². The maximum Gasteiger partial charge on any atom is 0.258 e. The third-order valence-corrected chi connectivity index (χ3v) is 3.96. The first-order valence-electron chi connectivity index (χ1n) is 6.53. The molecule has 0 bridgehead atoms. The fourth-order valence-electron chi connectivity index (χ4n) is 2.68. The molecular weight excluding hydrogens is 272 g/mol. The van der Waals surface area contributed by atoms with Gasteiger partial charge in [0.15, 0.2) is 0 Å². The number of nitrogens with zero attached hydrogens (tertiary/aromatic N) is 1. The van der Waals surface area contributed by atoms with Gasteiger partial charge in [-0.1, -0.05) is 17.7 Å². The van der Waals surface area contributed by atoms with E-state index in [0.29, 0.717) is 17.1 Å². The molecule has 0 unspecified atom stereocenters. The lowest BCUT2D eigenvalue weighted by molar-refractivity contribution is 0.0989. The second-order valence-electron chi connectivity index (χ2n) is 5.01. The predicted octanol–water partition coefficient (Wildman–Crippen LogP) is 3.43. The average molecular weight is 287 g/mol. The van der Waals surface area contributed by atoms with E-state index in [2.05, 4.69) is 0 Å². The van der Waals surface area contributed by atoms with Crippen LogP contribution in [0.15, 0.2) is 36.4 Å². The molecule has 20 heavy (non-hydrogen) atoms. The number of rotatable bonds is 1. The first-order chi connectivity index (χ1) is 9.58. The third-order valence-electron chi connectivity index (χ3n) is 3.73. The molecule has 0 saturated heterocycles. The number of nitrogen functional groups attached to an aromatic ring is 1. The quantitative estimate of drug-likeness (QED) is 0.816. The summed E-state index contributed by atoms with van der Waals surface area (Å²) in [6.45, 7) is 2.57. The van der Waals surface area contributed by atoms with Crippen LogP contribution in [0.1, 0.15) is 21.5 Å². The van der Waals surface area contributed by atoms with E-state index in [0.717, 1.165) is 28.9 Å². The molecule has 102 valence electrons. The number of carbonyl (C=O) groups excluding carboxylic acids is 1. The molecule has 1 aliphatic heterocycles. The lowest BCUT2D eigenvalue weighted by atomic mass is 10.1. The SMILES string of the molecule is Cc1cc(Cl)ccc1C(=O)N1CCc2c(N)cccc21. The number of hydrogen-bond donors (Lipinski definition) is 1. The zero-order valence-corrected chi connectivity index (χ0v) is 11.9. The molecule has 1 heterocycles. The van der Waals surface area contributed by atoms with Crippen LogP contribution < -0.4 is 10.6 Å². The first kappa shape index (κ1) is 13.0. The van der Waals surface area contributed by atoms with Gasteiger partial charge in [-0.25, -0.2) is 0 Å². The topological polar surface area (TPSA) is 46.3 Å². The van der Waals surface area contributed by atoms with Gasteiger partial charge in [-0.3, -0.25) is 4.79 Å². The minimum Gasteiger partial charge on any atom is -0.398 e. The molecule has 4 heteroatoms. The standard InChI is InChI=1S/C16H15ClN2O/c1-10-9-11(17)5-6-12(10)16(20)19-8-7-13-14(18)3-2-4-15(13)19/h2-6,9H,7-8,18H2,1H3. The normalized spacial score (nSPS) is 13.4. The molecule has 0 spiro atoms. The monoisotopic (exact) mass is 286 g/mol. The number of aryl methyl sites for hydroxylation is 1. The summed E-state index contributed by atoms with van der Waals surface area (Å²) in [4.78, 5) is 14.5. The van der Waals surface area contributed by atoms with Gasteiger partial charge in [0.1, 0.15) is 0 Å². The summed E-state index contributed by atoms with van der Waals surface area (Å²) in [5.74, 6) is 0.00326. The Bertz CT molecular complexity index is 697. The number of fused-ring (bicyclic) bond motifs is 1. The van der Waals surface area contributed by atoms with E-state index >= 15 is 0 Å². The Labute approximate surface area is 123 Å². The van der Waals surface area contributed by atoms with Gasteiger partial charge >= 0.3 is 0 Å². The largest absolute Gasteiger partial charge is 0.398 e. The minimum absolute atomic E-state index is 0.00326. The molecule has 0 aromatic heterocycles. The molecule has 1 aliphatic rings. The van der Waals surface area contributed by atoms with E-state index in [1.807, 2.05) is 31.2 Å². The van der Waals surface area contributed by atoms with Crippen LogP contribution in [0.2, 0.25) is 5.02 Å². The number of benzene rings is 2. The Morgan fingerprint density at radius 2 is 2.10 bits per heavy atom. The van der Waals surface area contributed by atoms with Crippen LogP contribution in [-0.4, -0.2) is 12.5 Å². The third kappa shape index (κ3) is 2.04. The number of nitrogens with two attached hydrogens (primary N) is 1. The summed E-state index contributed by atoms with van der Waals surface area (Å²) in [5.41, 5.74) is 10.3. The first-order valence-corrected chi connectivity index (χ1v) is 6.91. The number of amides is 1. The van der Waals surface area contributed by atoms with Crippen LogP contribution in [-0.2, 0) is 6.42 Å². The van der Waals surface area contributed by atoms with E-state index < -0.39 is 0 Å². The zero-order chi connectivity index (χ0) is 14.3. The van der Waals surface area contributed by atoms with E-state index in [9.17, 15) is 4.79 Å². The number of hydrogen-bond acceptors (Lipinski definition) is 2. The maximum atomic E-state index is 12.7. The predicted molar refractivity (Wildman–Crippen MR) is 82.4 cm³/mol. The molecule has 3 rings (SSSR count). The highest BCUT2D eigenvalue weighted by molar-refractivity contribution is 6.30. The van der Waals surface area contributed by atoms with Crippen molar-refractivity contribution in [3.05, 3.63) is 58.1 Å². The van der Waals surface area contributed by atoms with Gasteiger partial charge in [-0.15, -0.1) is 0 Å². The van der Waals surface area contributed by atoms with Gasteiger partial charge in [0.25, 0.3) is 5.91 Å². The van der Waals surface area contributed by atoms with Gasteiger partial charge < -0.3 is 10.6 Å². The Hall–Kier alpha value is -2.00. The molecule has 2 N–H and O–H groups in total. The van der Waals surface area contributed by atoms with Crippen molar-refractivity contribution >= 4 is 28.9 Å². The van der Waals surface area contributed by atoms with Crippen molar-refractivity contribution in [1.82, 2.24) is 0 Å². The molecule has 1 amide bonds. The highest BCUT2D eigenvalue weighted by Gasteiger charge is 2.27. The fourth-order valence-corrected chi connectivity index (χ4v) is 2.91. The molecule has 0 atom stereocenters. The molecule has 2 aromatic rings. The fraction of sp³-hybridized carbons (Fsp3) is 0.188. The van der Waals surface area contributed by atoms with E-state index in [-0.39, 0.29) is 5.91 Å². The zero-order valence-electron chi connectivity index (χ0n) is 11.2. The Morgan fingerprint density at radius 3 is 2.85 bits per heavy atom. The minimum atomic E-state index is 0.00326. The van der Waals surface area contributed by atoms with E-state index in [1.165, 1.54) is 0 Å². The Kier molecular flexibility index (Phi) is 3.14. The van der Waals surface area contributed by atoms with Crippen LogP contribution >= 0.6 is 11.6 Å². The number of halogens is 1. The lowest BCUT2D eigenvalue weighted by Gasteiger charge is -2.19. The van der Waals surface area contributed by atoms with Crippen molar-refractivity contribution in [2.75, 3.05) is 17.2 Å². The van der Waals surface area contributed by atoms with Crippen molar-refractivity contribution < 1.29 is 4.79 Å². The van der Waals surface area contributed by atoms with Crippen molar-refractivity contribution in [2.45, 2.75) is 13.3 Å². The lowest BCUT2D eigenvalue weighted by Crippen LogP contribution is -2.29. The number of carbonyl (C=O) groups is 1. The molecular formula is C16H15ClN2O. The summed E-state index contributed by atoms with van der Waals surface area (Å²) in [6.07, 6.45) is 0.806. The van der Waals surface area contributed by atoms with Crippen LogP contribution in [0.3, 0.4) is 0 Å². The van der Waals surface area contributed by atoms with Crippen molar-refractivity contribution in [3.8, 4) is 0 Å². The van der Waals surface area contributed by atoms with Crippen LogP contribution in [0, 0.1) is 6.92 Å². The highest BCUT2D eigenvalue weighted by Crippen LogP contribution is 2.33. The van der Waals surface area contributed by atoms with E-state index in [4.69, 9.17) is 17.3 Å².